The van der Waals surface area contributed by atoms with Gasteiger partial charge in [0.15, 0.2) is 5.76 Å². The van der Waals surface area contributed by atoms with E-state index in [1.807, 2.05) is 139 Å². The molecule has 2 aliphatic rings. The molecule has 282 valence electrons. The number of nitrogens with one attached hydrogen (secondary N) is 2. The molecule has 2 saturated heterocycles. The van der Waals surface area contributed by atoms with Crippen molar-refractivity contribution in [1.82, 2.24) is 44.5 Å². The SMILES string of the molecule is CN(C)[C@@H](C(=O)N1CCC[C@H]1c1nc(-c2ncc(-c3cccc(-c4cnc([C@@H]5CCCN5C(=O)[C@@H](c5ccccc5)N(C)C)[nH]4)c3)o2)c[nH]1)c1ccccc1. The van der Waals surface area contributed by atoms with Gasteiger partial charge in [-0.1, -0.05) is 78.9 Å². The number of hydrogen-bond donors (Lipinski definition) is 2. The number of nitrogens with zero attached hydrogens (tertiary/aromatic N) is 7. The van der Waals surface area contributed by atoms with Crippen molar-refractivity contribution < 1.29 is 14.0 Å². The van der Waals surface area contributed by atoms with Gasteiger partial charge in [0.25, 0.3) is 0 Å². The minimum atomic E-state index is -0.378. The van der Waals surface area contributed by atoms with Gasteiger partial charge in [0.1, 0.15) is 29.4 Å². The number of likely N-dealkylation sites (tertiary alicyclic amines) is 2. The van der Waals surface area contributed by atoms with Crippen molar-refractivity contribution in [3.63, 3.8) is 0 Å². The lowest BCUT2D eigenvalue weighted by Crippen LogP contribution is -2.40. The molecule has 2 amide bonds. The third kappa shape index (κ3) is 7.22. The van der Waals surface area contributed by atoms with Gasteiger partial charge in [-0.05, 0) is 71.1 Å². The molecular formula is C43H47N9O3. The van der Waals surface area contributed by atoms with Gasteiger partial charge in [0.05, 0.1) is 30.2 Å². The molecule has 0 radical (unpaired) electrons. The minimum Gasteiger partial charge on any atom is -0.435 e. The molecule has 0 bridgehead atoms. The maximum atomic E-state index is 14.0. The Hall–Kier alpha value is -5.85. The topological polar surface area (TPSA) is 130 Å². The average Bonchev–Trinajstić information content (AvgIpc) is 4.04. The van der Waals surface area contributed by atoms with Crippen molar-refractivity contribution in [1.29, 1.82) is 0 Å². The Morgan fingerprint density at radius 2 is 1.31 bits per heavy atom. The molecule has 2 N–H and O–H groups in total. The number of carbonyl (C=O) groups excluding carboxylic acids is 2. The molecule has 0 spiro atoms. The maximum absolute atomic E-state index is 14.0. The van der Waals surface area contributed by atoms with Gasteiger partial charge in [-0.2, -0.15) is 0 Å². The van der Waals surface area contributed by atoms with Crippen molar-refractivity contribution in [2.24, 2.45) is 0 Å². The Kier molecular flexibility index (Phi) is 10.2. The molecule has 0 unspecified atom stereocenters. The zero-order valence-corrected chi connectivity index (χ0v) is 31.7. The number of carbonyl (C=O) groups is 2. The highest BCUT2D eigenvalue weighted by Crippen LogP contribution is 2.37. The Morgan fingerprint density at radius 1 is 0.727 bits per heavy atom. The van der Waals surface area contributed by atoms with Gasteiger partial charge in [0.2, 0.25) is 17.7 Å². The number of amides is 2. The van der Waals surface area contributed by atoms with Crippen LogP contribution in [0.4, 0.5) is 0 Å². The number of H-pyrrole nitrogens is 2. The summed E-state index contributed by atoms with van der Waals surface area (Å²) in [6, 6.07) is 26.9. The molecule has 2 fully saturated rings. The summed E-state index contributed by atoms with van der Waals surface area (Å²) < 4.78 is 6.27. The lowest BCUT2D eigenvalue weighted by atomic mass is 10.0. The summed E-state index contributed by atoms with van der Waals surface area (Å²) in [5.74, 6) is 2.67. The van der Waals surface area contributed by atoms with Crippen LogP contribution in [0, 0.1) is 0 Å². The van der Waals surface area contributed by atoms with E-state index in [1.54, 1.807) is 12.4 Å². The second-order valence-corrected chi connectivity index (χ2v) is 14.9. The van der Waals surface area contributed by atoms with Crippen molar-refractivity contribution in [2.75, 3.05) is 41.3 Å². The van der Waals surface area contributed by atoms with Crippen LogP contribution in [0.2, 0.25) is 0 Å². The number of aromatic nitrogens is 5. The van der Waals surface area contributed by atoms with Crippen LogP contribution < -0.4 is 0 Å². The van der Waals surface area contributed by atoms with Crippen LogP contribution >= 0.6 is 0 Å². The average molecular weight is 738 g/mol. The van der Waals surface area contributed by atoms with E-state index in [2.05, 4.69) is 15.0 Å². The molecule has 55 heavy (non-hydrogen) atoms. The van der Waals surface area contributed by atoms with Crippen molar-refractivity contribution in [3.8, 4) is 34.2 Å². The summed E-state index contributed by atoms with van der Waals surface area (Å²) in [5.41, 5.74) is 5.20. The standard InChI is InChI=1S/C43H47N9O3/c1-49(2)37(28-14-7-5-8-15-28)42(53)51-22-12-20-34(51)39-44-25-32(47-39)30-18-11-19-31(24-30)36-27-46-41(55-36)33-26-45-40(48-33)35-21-13-23-52(35)43(54)38(50(3)4)29-16-9-6-10-17-29/h5-11,14-19,24-27,34-35,37-38H,12-13,20-23H2,1-4H3,(H,44,47)(H,45,48)/t34-,35-,37+,38+/m0/s1. The van der Waals surface area contributed by atoms with Crippen molar-refractivity contribution in [2.45, 2.75) is 49.9 Å². The Morgan fingerprint density at radius 3 is 1.91 bits per heavy atom. The van der Waals surface area contributed by atoms with Gasteiger partial charge in [-0.3, -0.25) is 19.4 Å². The molecular weight excluding hydrogens is 691 g/mol. The Bertz CT molecular complexity index is 2240. The maximum Gasteiger partial charge on any atom is 0.247 e. The highest BCUT2D eigenvalue weighted by molar-refractivity contribution is 5.84. The predicted octanol–water partition coefficient (Wildman–Crippen LogP) is 7.05. The van der Waals surface area contributed by atoms with Gasteiger partial charge in [-0.15, -0.1) is 0 Å². The van der Waals surface area contributed by atoms with E-state index >= 15 is 0 Å². The molecule has 4 atom stereocenters. The summed E-state index contributed by atoms with van der Waals surface area (Å²) in [7, 11) is 7.78. The van der Waals surface area contributed by atoms with Crippen LogP contribution in [0.5, 0.6) is 0 Å². The molecule has 12 heteroatoms. The van der Waals surface area contributed by atoms with E-state index in [4.69, 9.17) is 14.4 Å². The molecule has 8 rings (SSSR count). The smallest absolute Gasteiger partial charge is 0.247 e. The number of oxazole rings is 1. The van der Waals surface area contributed by atoms with Gasteiger partial charge in [0, 0.05) is 30.4 Å². The van der Waals surface area contributed by atoms with Crippen molar-refractivity contribution >= 4 is 11.8 Å². The first-order valence-corrected chi connectivity index (χ1v) is 19.0. The fourth-order valence-electron chi connectivity index (χ4n) is 8.17. The van der Waals surface area contributed by atoms with Crippen LogP contribution in [-0.2, 0) is 9.59 Å². The monoisotopic (exact) mass is 737 g/mol. The second kappa shape index (κ2) is 15.5. The molecule has 0 saturated carbocycles. The largest absolute Gasteiger partial charge is 0.435 e. The van der Waals surface area contributed by atoms with E-state index in [1.165, 1.54) is 0 Å². The van der Waals surface area contributed by atoms with Crippen LogP contribution in [0.1, 0.15) is 72.6 Å². The number of aromatic amines is 2. The lowest BCUT2D eigenvalue weighted by molar-refractivity contribution is -0.138. The third-order valence-corrected chi connectivity index (χ3v) is 10.8. The molecule has 3 aromatic heterocycles. The van der Waals surface area contributed by atoms with Crippen molar-refractivity contribution in [3.05, 3.63) is 126 Å². The Balaban J connectivity index is 0.973. The first-order valence-electron chi connectivity index (χ1n) is 19.0. The van der Waals surface area contributed by atoms with E-state index in [0.717, 1.165) is 65.3 Å². The fraction of sp³-hybridized carbons (Fsp3) is 0.326. The van der Waals surface area contributed by atoms with Gasteiger partial charge in [-0.25, -0.2) is 15.0 Å². The highest BCUT2D eigenvalue weighted by Gasteiger charge is 2.38. The molecule has 0 aliphatic carbocycles. The van der Waals surface area contributed by atoms with E-state index < -0.39 is 0 Å². The van der Waals surface area contributed by atoms with Crippen LogP contribution in [0.15, 0.2) is 108 Å². The van der Waals surface area contributed by atoms with E-state index in [-0.39, 0.29) is 36.0 Å². The predicted molar refractivity (Wildman–Crippen MR) is 210 cm³/mol. The second-order valence-electron chi connectivity index (χ2n) is 14.9. The molecule has 5 heterocycles. The Labute approximate surface area is 321 Å². The molecule has 12 nitrogen and oxygen atoms in total. The first-order chi connectivity index (χ1) is 26.8. The first kappa shape index (κ1) is 36.1. The molecule has 3 aromatic carbocycles. The normalized spacial score (nSPS) is 18.4. The van der Waals surface area contributed by atoms with Crippen LogP contribution in [-0.4, -0.2) is 97.6 Å². The number of likely N-dealkylation sites (N-methyl/N-ethyl adjacent to an activating group) is 2. The highest BCUT2D eigenvalue weighted by atomic mass is 16.4. The molecule has 6 aromatic rings. The van der Waals surface area contributed by atoms with E-state index in [0.29, 0.717) is 30.4 Å². The quantitative estimate of drug-likeness (QED) is 0.145. The number of rotatable bonds is 11. The summed E-state index contributed by atoms with van der Waals surface area (Å²) in [6.45, 7) is 1.37. The summed E-state index contributed by atoms with van der Waals surface area (Å²) in [6.07, 6.45) is 8.85. The fourth-order valence-corrected chi connectivity index (χ4v) is 8.17. The number of hydrogen-bond acceptors (Lipinski definition) is 8. The van der Waals surface area contributed by atoms with Gasteiger partial charge < -0.3 is 24.2 Å². The lowest BCUT2D eigenvalue weighted by Gasteiger charge is -2.31. The summed E-state index contributed by atoms with van der Waals surface area (Å²) in [5, 5.41) is 0. The third-order valence-electron chi connectivity index (χ3n) is 10.8. The van der Waals surface area contributed by atoms with E-state index in [9.17, 15) is 9.59 Å². The zero-order valence-electron chi connectivity index (χ0n) is 31.7. The van der Waals surface area contributed by atoms with Crippen LogP contribution in [0.3, 0.4) is 0 Å². The number of benzene rings is 3. The van der Waals surface area contributed by atoms with Gasteiger partial charge >= 0.3 is 0 Å². The van der Waals surface area contributed by atoms with Crippen LogP contribution in [0.25, 0.3) is 34.2 Å². The minimum absolute atomic E-state index is 0.0643. The summed E-state index contributed by atoms with van der Waals surface area (Å²) in [4.78, 5) is 56.8. The number of imidazole rings is 2. The molecule has 2 aliphatic heterocycles. The summed E-state index contributed by atoms with van der Waals surface area (Å²) >= 11 is 0. The zero-order chi connectivity index (χ0) is 38.1.